The zero-order chi connectivity index (χ0) is 11.8. The Kier molecular flexibility index (Phi) is 6.81. The van der Waals surface area contributed by atoms with Gasteiger partial charge in [-0.15, -0.1) is 6.42 Å². The molecule has 1 N–H and O–H groups in total. The van der Waals surface area contributed by atoms with Crippen LogP contribution in [0.25, 0.3) is 0 Å². The second-order valence-electron chi connectivity index (χ2n) is 3.78. The van der Waals surface area contributed by atoms with Crippen LogP contribution in [-0.4, -0.2) is 25.2 Å². The van der Waals surface area contributed by atoms with E-state index in [-0.39, 0.29) is 24.0 Å². The average molecular weight is 211 g/mol. The van der Waals surface area contributed by atoms with Gasteiger partial charge in [0, 0.05) is 6.04 Å². The van der Waals surface area contributed by atoms with E-state index < -0.39 is 0 Å². The molecule has 86 valence electrons. The molecule has 3 heteroatoms. The lowest BCUT2D eigenvalue weighted by Gasteiger charge is -2.22. The van der Waals surface area contributed by atoms with Gasteiger partial charge in [-0.25, -0.2) is 0 Å². The molecule has 0 aliphatic heterocycles. The zero-order valence-corrected chi connectivity index (χ0v) is 10.0. The highest BCUT2D eigenvalue weighted by Gasteiger charge is 2.22. The quantitative estimate of drug-likeness (QED) is 0.535. The fourth-order valence-corrected chi connectivity index (χ4v) is 1.36. The van der Waals surface area contributed by atoms with Crippen LogP contribution < -0.4 is 5.32 Å². The van der Waals surface area contributed by atoms with Gasteiger partial charge in [-0.1, -0.05) is 26.2 Å². The number of terminal acetylenes is 1. The number of hydrogen-bond acceptors (Lipinski definition) is 3. The Morgan fingerprint density at radius 1 is 1.53 bits per heavy atom. The Labute approximate surface area is 92.6 Å². The summed E-state index contributed by atoms with van der Waals surface area (Å²) in [5.74, 6) is 2.30. The van der Waals surface area contributed by atoms with Gasteiger partial charge in [0.05, 0.1) is 19.1 Å². The van der Waals surface area contributed by atoms with Crippen molar-refractivity contribution in [2.24, 2.45) is 5.92 Å². The molecule has 0 bridgehead atoms. The Morgan fingerprint density at radius 2 is 2.13 bits per heavy atom. The predicted molar refractivity (Wildman–Crippen MR) is 61.3 cm³/mol. The highest BCUT2D eigenvalue weighted by molar-refractivity contribution is 5.72. The normalized spacial score (nSPS) is 16.2. The Bertz CT molecular complexity index is 232. The van der Waals surface area contributed by atoms with Crippen molar-refractivity contribution in [2.45, 2.75) is 45.7 Å². The van der Waals surface area contributed by atoms with Gasteiger partial charge < -0.3 is 10.1 Å². The van der Waals surface area contributed by atoms with Crippen LogP contribution in [0.4, 0.5) is 0 Å². The SMILES string of the molecule is C#CC(CCC)NC(C)C(C)C(=O)OC. The molecule has 3 nitrogen and oxygen atoms in total. The van der Waals surface area contributed by atoms with Crippen molar-refractivity contribution in [3.05, 3.63) is 0 Å². The lowest BCUT2D eigenvalue weighted by Crippen LogP contribution is -2.42. The van der Waals surface area contributed by atoms with Gasteiger partial charge in [0.1, 0.15) is 0 Å². The Balaban J connectivity index is 4.16. The maximum Gasteiger partial charge on any atom is 0.309 e. The third kappa shape index (κ3) is 4.85. The monoisotopic (exact) mass is 211 g/mol. The van der Waals surface area contributed by atoms with E-state index in [1.54, 1.807) is 0 Å². The highest BCUT2D eigenvalue weighted by atomic mass is 16.5. The minimum Gasteiger partial charge on any atom is -0.469 e. The molecule has 3 unspecified atom stereocenters. The summed E-state index contributed by atoms with van der Waals surface area (Å²) in [6.45, 7) is 5.87. The highest BCUT2D eigenvalue weighted by Crippen LogP contribution is 2.07. The van der Waals surface area contributed by atoms with Gasteiger partial charge in [0.25, 0.3) is 0 Å². The van der Waals surface area contributed by atoms with Crippen LogP contribution in [0.5, 0.6) is 0 Å². The zero-order valence-electron chi connectivity index (χ0n) is 10.0. The molecular weight excluding hydrogens is 190 g/mol. The van der Waals surface area contributed by atoms with Gasteiger partial charge in [-0.05, 0) is 13.3 Å². The van der Waals surface area contributed by atoms with E-state index in [1.165, 1.54) is 7.11 Å². The smallest absolute Gasteiger partial charge is 0.309 e. The number of rotatable bonds is 6. The number of carbonyl (C=O) groups is 1. The molecule has 0 heterocycles. The molecule has 0 aliphatic carbocycles. The first kappa shape index (κ1) is 14.0. The summed E-state index contributed by atoms with van der Waals surface area (Å²) in [6.07, 6.45) is 7.34. The number of hydrogen-bond donors (Lipinski definition) is 1. The summed E-state index contributed by atoms with van der Waals surface area (Å²) >= 11 is 0. The molecule has 0 saturated heterocycles. The van der Waals surface area contributed by atoms with Crippen molar-refractivity contribution < 1.29 is 9.53 Å². The summed E-state index contributed by atoms with van der Waals surface area (Å²) in [5, 5.41) is 3.25. The molecule has 3 atom stereocenters. The lowest BCUT2D eigenvalue weighted by molar-refractivity contribution is -0.145. The first-order valence-corrected chi connectivity index (χ1v) is 5.36. The van der Waals surface area contributed by atoms with Crippen molar-refractivity contribution in [1.29, 1.82) is 0 Å². The third-order valence-corrected chi connectivity index (χ3v) is 2.57. The topological polar surface area (TPSA) is 38.3 Å². The predicted octanol–water partition coefficient (Wildman–Crippen LogP) is 1.58. The van der Waals surface area contributed by atoms with Gasteiger partial charge in [0.15, 0.2) is 0 Å². The number of ether oxygens (including phenoxy) is 1. The molecule has 0 aromatic rings. The van der Waals surface area contributed by atoms with Gasteiger partial charge in [0.2, 0.25) is 0 Å². The van der Waals surface area contributed by atoms with Crippen molar-refractivity contribution in [3.8, 4) is 12.3 Å². The maximum absolute atomic E-state index is 11.3. The van der Waals surface area contributed by atoms with Crippen molar-refractivity contribution >= 4 is 5.97 Å². The first-order valence-electron chi connectivity index (χ1n) is 5.36. The van der Waals surface area contributed by atoms with Crippen molar-refractivity contribution in [2.75, 3.05) is 7.11 Å². The molecular formula is C12H21NO2. The Hall–Kier alpha value is -1.01. The molecule has 15 heavy (non-hydrogen) atoms. The van der Waals surface area contributed by atoms with E-state index in [1.807, 2.05) is 13.8 Å². The molecule has 0 fully saturated rings. The number of esters is 1. The fourth-order valence-electron chi connectivity index (χ4n) is 1.36. The standard InChI is InChI=1S/C12H21NO2/c1-6-8-11(7-2)13-10(4)9(3)12(14)15-5/h2,9-11,13H,6,8H2,1,3-5H3. The lowest BCUT2D eigenvalue weighted by atomic mass is 10.0. The van der Waals surface area contributed by atoms with E-state index in [4.69, 9.17) is 6.42 Å². The molecule has 0 rings (SSSR count). The minimum absolute atomic E-state index is 0.0325. The molecule has 0 amide bonds. The molecule has 0 spiro atoms. The van der Waals surface area contributed by atoms with E-state index in [9.17, 15) is 4.79 Å². The first-order chi connectivity index (χ1) is 7.06. The minimum atomic E-state index is -0.206. The molecule has 0 radical (unpaired) electrons. The van der Waals surface area contributed by atoms with Crippen LogP contribution >= 0.6 is 0 Å². The fraction of sp³-hybridized carbons (Fsp3) is 0.750. The Morgan fingerprint density at radius 3 is 2.53 bits per heavy atom. The van der Waals surface area contributed by atoms with Gasteiger partial charge in [-0.2, -0.15) is 0 Å². The number of nitrogens with one attached hydrogen (secondary N) is 1. The number of methoxy groups -OCH3 is 1. The summed E-state index contributed by atoms with van der Waals surface area (Å²) in [4.78, 5) is 11.3. The molecule has 0 saturated carbocycles. The third-order valence-electron chi connectivity index (χ3n) is 2.57. The summed E-state index contributed by atoms with van der Waals surface area (Å²) in [6, 6.07) is 0.0714. The van der Waals surface area contributed by atoms with E-state index >= 15 is 0 Å². The summed E-state index contributed by atoms with van der Waals surface area (Å²) in [7, 11) is 1.40. The average Bonchev–Trinajstić information content (AvgIpc) is 2.26. The van der Waals surface area contributed by atoms with E-state index in [2.05, 4.69) is 22.9 Å². The van der Waals surface area contributed by atoms with E-state index in [0.29, 0.717) is 0 Å². The largest absolute Gasteiger partial charge is 0.469 e. The van der Waals surface area contributed by atoms with Crippen molar-refractivity contribution in [3.63, 3.8) is 0 Å². The number of carbonyl (C=O) groups excluding carboxylic acids is 1. The van der Waals surface area contributed by atoms with Gasteiger partial charge >= 0.3 is 5.97 Å². The molecule has 0 aromatic carbocycles. The second-order valence-corrected chi connectivity index (χ2v) is 3.78. The second kappa shape index (κ2) is 7.30. The summed E-state index contributed by atoms with van der Waals surface area (Å²) in [5.41, 5.74) is 0. The van der Waals surface area contributed by atoms with Crippen LogP contribution in [0.15, 0.2) is 0 Å². The van der Waals surface area contributed by atoms with Crippen LogP contribution in [0.2, 0.25) is 0 Å². The maximum atomic E-state index is 11.3. The molecule has 0 aromatic heterocycles. The van der Waals surface area contributed by atoms with E-state index in [0.717, 1.165) is 12.8 Å². The van der Waals surface area contributed by atoms with Gasteiger partial charge in [-0.3, -0.25) is 4.79 Å². The van der Waals surface area contributed by atoms with Crippen molar-refractivity contribution in [1.82, 2.24) is 5.32 Å². The van der Waals surface area contributed by atoms with Crippen LogP contribution in [0.1, 0.15) is 33.6 Å². The summed E-state index contributed by atoms with van der Waals surface area (Å²) < 4.78 is 4.68. The van der Waals surface area contributed by atoms with Crippen LogP contribution in [-0.2, 0) is 9.53 Å². The van der Waals surface area contributed by atoms with Crippen LogP contribution in [0, 0.1) is 18.3 Å². The van der Waals surface area contributed by atoms with Crippen LogP contribution in [0.3, 0.4) is 0 Å². The molecule has 0 aliphatic rings.